The highest BCUT2D eigenvalue weighted by atomic mass is 79.9. The molecule has 0 aliphatic heterocycles. The van der Waals surface area contributed by atoms with Gasteiger partial charge in [-0.2, -0.15) is 0 Å². The maximum atomic E-state index is 11.6. The van der Waals surface area contributed by atoms with Crippen molar-refractivity contribution in [3.63, 3.8) is 0 Å². The van der Waals surface area contributed by atoms with Crippen molar-refractivity contribution < 1.29 is 28.5 Å². The lowest BCUT2D eigenvalue weighted by molar-refractivity contribution is -0.146. The minimum absolute atomic E-state index is 0.110. The number of halogens is 1. The van der Waals surface area contributed by atoms with Gasteiger partial charge in [0.1, 0.15) is 41.9 Å². The van der Waals surface area contributed by atoms with Gasteiger partial charge < -0.3 is 18.9 Å². The molecule has 0 N–H and O–H groups in total. The molecular formula is C16H21BrO6. The molecule has 1 aromatic carbocycles. The smallest absolute Gasteiger partial charge is 0.322 e. The fourth-order valence-electron chi connectivity index (χ4n) is 1.54. The lowest BCUT2D eigenvalue weighted by Crippen LogP contribution is -2.28. The van der Waals surface area contributed by atoms with Crippen molar-refractivity contribution in [1.82, 2.24) is 0 Å². The minimum Gasteiger partial charge on any atom is -0.491 e. The number of aldehydes is 1. The average molecular weight is 389 g/mol. The molecule has 0 bridgehead atoms. The highest BCUT2D eigenvalue weighted by molar-refractivity contribution is 9.10. The second-order valence-electron chi connectivity index (χ2n) is 5.15. The first-order chi connectivity index (χ1) is 10.9. The number of hydrogen-bond donors (Lipinski definition) is 0. The summed E-state index contributed by atoms with van der Waals surface area (Å²) in [5.41, 5.74) is 0.438. The van der Waals surface area contributed by atoms with Crippen LogP contribution in [0.5, 0.6) is 11.5 Å². The van der Waals surface area contributed by atoms with Gasteiger partial charge in [0.2, 0.25) is 0 Å². The lowest BCUT2D eigenvalue weighted by Gasteiger charge is -2.15. The van der Waals surface area contributed by atoms with Gasteiger partial charge >= 0.3 is 5.97 Å². The van der Waals surface area contributed by atoms with Crippen LogP contribution in [-0.4, -0.2) is 50.1 Å². The van der Waals surface area contributed by atoms with Crippen LogP contribution in [0.25, 0.3) is 0 Å². The molecule has 0 aliphatic carbocycles. The summed E-state index contributed by atoms with van der Waals surface area (Å²) in [5.74, 6) is 0.614. The quantitative estimate of drug-likeness (QED) is 0.265. The maximum absolute atomic E-state index is 11.6. The third-order valence-corrected chi connectivity index (χ3v) is 2.99. The molecule has 0 aliphatic rings. The predicted octanol–water partition coefficient (Wildman–Crippen LogP) is 2.62. The first kappa shape index (κ1) is 19.4. The van der Waals surface area contributed by atoms with E-state index >= 15 is 0 Å². The van der Waals surface area contributed by atoms with Crippen LogP contribution in [0.15, 0.2) is 18.2 Å². The standard InChI is InChI=1S/C16H21BrO6/c1-16(2,17)15(19)23-7-6-22-14-9-12(11-18)8-13(10-14)21-5-4-20-3/h8-11H,4-7H2,1-3H3. The molecule has 6 nitrogen and oxygen atoms in total. The summed E-state index contributed by atoms with van der Waals surface area (Å²) in [4.78, 5) is 22.5. The normalized spacial score (nSPS) is 11.0. The summed E-state index contributed by atoms with van der Waals surface area (Å²) < 4.78 is 20.2. The topological polar surface area (TPSA) is 71.1 Å². The van der Waals surface area contributed by atoms with Crippen molar-refractivity contribution in [3.8, 4) is 11.5 Å². The Morgan fingerprint density at radius 2 is 1.65 bits per heavy atom. The number of carbonyl (C=O) groups is 2. The average Bonchev–Trinajstić information content (AvgIpc) is 2.50. The van der Waals surface area contributed by atoms with Crippen molar-refractivity contribution in [2.75, 3.05) is 33.5 Å². The van der Waals surface area contributed by atoms with Gasteiger partial charge in [0.05, 0.1) is 6.61 Å². The zero-order valence-electron chi connectivity index (χ0n) is 13.5. The van der Waals surface area contributed by atoms with Crippen LogP contribution in [-0.2, 0) is 14.3 Å². The predicted molar refractivity (Wildman–Crippen MR) is 88.7 cm³/mol. The monoisotopic (exact) mass is 388 g/mol. The summed E-state index contributed by atoms with van der Waals surface area (Å²) in [6.07, 6.45) is 0.712. The van der Waals surface area contributed by atoms with Crippen LogP contribution in [0.3, 0.4) is 0 Å². The van der Waals surface area contributed by atoms with Crippen molar-refractivity contribution in [2.45, 2.75) is 18.2 Å². The van der Waals surface area contributed by atoms with Crippen LogP contribution >= 0.6 is 15.9 Å². The fraction of sp³-hybridized carbons (Fsp3) is 0.500. The number of benzene rings is 1. The van der Waals surface area contributed by atoms with Gasteiger partial charge in [-0.05, 0) is 26.0 Å². The van der Waals surface area contributed by atoms with Crippen molar-refractivity contribution in [2.24, 2.45) is 0 Å². The van der Waals surface area contributed by atoms with E-state index < -0.39 is 4.32 Å². The first-order valence-electron chi connectivity index (χ1n) is 7.07. The largest absolute Gasteiger partial charge is 0.491 e. The highest BCUT2D eigenvalue weighted by Crippen LogP contribution is 2.22. The van der Waals surface area contributed by atoms with Gasteiger partial charge in [0.25, 0.3) is 0 Å². The second-order valence-corrected chi connectivity index (χ2v) is 7.14. The molecule has 0 fully saturated rings. The molecule has 0 heterocycles. The molecule has 0 saturated heterocycles. The maximum Gasteiger partial charge on any atom is 0.322 e. The Kier molecular flexibility index (Phi) is 8.05. The number of ether oxygens (including phenoxy) is 4. The number of esters is 1. The lowest BCUT2D eigenvalue weighted by atomic mass is 10.2. The van der Waals surface area contributed by atoms with E-state index in [0.717, 1.165) is 0 Å². The highest BCUT2D eigenvalue weighted by Gasteiger charge is 2.25. The molecule has 7 heteroatoms. The molecule has 0 aromatic heterocycles. The summed E-state index contributed by atoms with van der Waals surface area (Å²) in [6.45, 7) is 4.50. The van der Waals surface area contributed by atoms with Crippen molar-refractivity contribution in [1.29, 1.82) is 0 Å². The number of rotatable bonds is 10. The molecule has 1 rings (SSSR count). The van der Waals surface area contributed by atoms with Gasteiger partial charge in [-0.25, -0.2) is 0 Å². The summed E-state index contributed by atoms with van der Waals surface area (Å²) >= 11 is 3.22. The van der Waals surface area contributed by atoms with Gasteiger partial charge in [0, 0.05) is 18.7 Å². The summed E-state index contributed by atoms with van der Waals surface area (Å²) in [5, 5.41) is 0. The van der Waals surface area contributed by atoms with E-state index in [4.69, 9.17) is 18.9 Å². The van der Waals surface area contributed by atoms with E-state index in [0.29, 0.717) is 36.6 Å². The molecule has 0 spiro atoms. The van der Waals surface area contributed by atoms with E-state index in [2.05, 4.69) is 15.9 Å². The first-order valence-corrected chi connectivity index (χ1v) is 7.87. The van der Waals surface area contributed by atoms with E-state index in [1.54, 1.807) is 39.2 Å². The zero-order valence-corrected chi connectivity index (χ0v) is 15.1. The molecule has 0 unspecified atom stereocenters. The molecule has 0 amide bonds. The van der Waals surface area contributed by atoms with E-state index in [1.165, 1.54) is 0 Å². The van der Waals surface area contributed by atoms with Crippen molar-refractivity contribution >= 4 is 28.2 Å². The summed E-state index contributed by atoms with van der Waals surface area (Å²) in [7, 11) is 1.58. The fourth-order valence-corrected chi connectivity index (χ4v) is 1.65. The van der Waals surface area contributed by atoms with Gasteiger partial charge in [-0.15, -0.1) is 0 Å². The van der Waals surface area contributed by atoms with E-state index in [-0.39, 0.29) is 19.2 Å². The Hall–Kier alpha value is -1.60. The molecule has 1 aromatic rings. The van der Waals surface area contributed by atoms with E-state index in [1.807, 2.05) is 0 Å². The Labute approximate surface area is 144 Å². The third kappa shape index (κ3) is 7.47. The minimum atomic E-state index is -0.729. The Balaban J connectivity index is 2.53. The molecular weight excluding hydrogens is 368 g/mol. The second kappa shape index (κ2) is 9.52. The van der Waals surface area contributed by atoms with Gasteiger partial charge in [-0.1, -0.05) is 15.9 Å². The van der Waals surface area contributed by atoms with Crippen LogP contribution in [0, 0.1) is 0 Å². The summed E-state index contributed by atoms with van der Waals surface area (Å²) in [6, 6.07) is 4.87. The number of alkyl halides is 1. The number of methoxy groups -OCH3 is 1. The SMILES string of the molecule is COCCOc1cc(C=O)cc(OCCOC(=O)C(C)(C)Br)c1. The number of carbonyl (C=O) groups excluding carboxylic acids is 2. The molecule has 0 radical (unpaired) electrons. The zero-order chi connectivity index (χ0) is 17.3. The van der Waals surface area contributed by atoms with Crippen LogP contribution in [0.1, 0.15) is 24.2 Å². The van der Waals surface area contributed by atoms with E-state index in [9.17, 15) is 9.59 Å². The molecule has 0 atom stereocenters. The van der Waals surface area contributed by atoms with Gasteiger partial charge in [-0.3, -0.25) is 9.59 Å². The van der Waals surface area contributed by atoms with Crippen LogP contribution in [0.4, 0.5) is 0 Å². The van der Waals surface area contributed by atoms with Crippen LogP contribution in [0.2, 0.25) is 0 Å². The molecule has 23 heavy (non-hydrogen) atoms. The Morgan fingerprint density at radius 3 is 2.13 bits per heavy atom. The third-order valence-electron chi connectivity index (χ3n) is 2.67. The molecule has 0 saturated carbocycles. The molecule has 128 valence electrons. The van der Waals surface area contributed by atoms with Crippen molar-refractivity contribution in [3.05, 3.63) is 23.8 Å². The number of hydrogen-bond acceptors (Lipinski definition) is 6. The van der Waals surface area contributed by atoms with Crippen LogP contribution < -0.4 is 9.47 Å². The Bertz CT molecular complexity index is 524. The van der Waals surface area contributed by atoms with Gasteiger partial charge in [0.15, 0.2) is 0 Å². The Morgan fingerprint density at radius 1 is 1.09 bits per heavy atom.